The summed E-state index contributed by atoms with van der Waals surface area (Å²) in [5.74, 6) is 0.713. The second kappa shape index (κ2) is 8.28. The molecule has 0 atom stereocenters. The lowest BCUT2D eigenvalue weighted by atomic mass is 10.0. The number of nitrogens with zero attached hydrogens (tertiary/aromatic N) is 1. The standard InChI is InChI=1S/C24H23N3O6S2/c1-27-14-21(19-10-11-25-23(19)24(27)28)20-13-18(34(2,29)30)8-9-22(20)33-16-5-3-4-15(12-16)26-35(31,32)17-6-7-17/h3-5,8-14,17,25-26H,6-7H2,1-2H3. The smallest absolute Gasteiger partial charge is 0.274 e. The monoisotopic (exact) mass is 513 g/mol. The lowest BCUT2D eigenvalue weighted by Gasteiger charge is -2.15. The summed E-state index contributed by atoms with van der Waals surface area (Å²) in [4.78, 5) is 15.6. The second-order valence-corrected chi connectivity index (χ2v) is 12.6. The van der Waals surface area contributed by atoms with E-state index < -0.39 is 19.9 Å². The number of anilines is 1. The molecule has 0 amide bonds. The van der Waals surface area contributed by atoms with Crippen molar-refractivity contribution < 1.29 is 21.6 Å². The summed E-state index contributed by atoms with van der Waals surface area (Å²) in [5, 5.41) is 0.255. The first-order chi connectivity index (χ1) is 16.5. The Balaban J connectivity index is 1.61. The van der Waals surface area contributed by atoms with Crippen molar-refractivity contribution in [3.8, 4) is 22.6 Å². The van der Waals surface area contributed by atoms with Crippen LogP contribution < -0.4 is 15.0 Å². The van der Waals surface area contributed by atoms with Crippen molar-refractivity contribution in [1.29, 1.82) is 0 Å². The van der Waals surface area contributed by atoms with Gasteiger partial charge in [-0.05, 0) is 49.2 Å². The van der Waals surface area contributed by atoms with Crippen LogP contribution in [0.1, 0.15) is 12.8 Å². The van der Waals surface area contributed by atoms with Gasteiger partial charge in [0.05, 0.1) is 15.8 Å². The van der Waals surface area contributed by atoms with E-state index in [2.05, 4.69) is 9.71 Å². The van der Waals surface area contributed by atoms with Gasteiger partial charge in [0.1, 0.15) is 17.0 Å². The van der Waals surface area contributed by atoms with Gasteiger partial charge in [0.25, 0.3) is 5.56 Å². The molecule has 1 fully saturated rings. The van der Waals surface area contributed by atoms with E-state index in [0.717, 1.165) is 6.26 Å². The predicted molar refractivity (Wildman–Crippen MR) is 134 cm³/mol. The van der Waals surface area contributed by atoms with E-state index in [1.165, 1.54) is 16.7 Å². The van der Waals surface area contributed by atoms with Crippen LogP contribution in [0.5, 0.6) is 11.5 Å². The molecule has 2 N–H and O–H groups in total. The van der Waals surface area contributed by atoms with Crippen LogP contribution in [0.3, 0.4) is 0 Å². The van der Waals surface area contributed by atoms with Crippen LogP contribution >= 0.6 is 0 Å². The summed E-state index contributed by atoms with van der Waals surface area (Å²) in [6, 6.07) is 12.8. The van der Waals surface area contributed by atoms with E-state index >= 15 is 0 Å². The molecule has 9 nitrogen and oxygen atoms in total. The van der Waals surface area contributed by atoms with E-state index in [9.17, 15) is 21.6 Å². The number of fused-ring (bicyclic) bond motifs is 1. The van der Waals surface area contributed by atoms with Gasteiger partial charge in [-0.15, -0.1) is 0 Å². The van der Waals surface area contributed by atoms with Crippen molar-refractivity contribution in [3.05, 3.63) is 71.3 Å². The largest absolute Gasteiger partial charge is 0.457 e. The molecular weight excluding hydrogens is 490 g/mol. The molecule has 35 heavy (non-hydrogen) atoms. The van der Waals surface area contributed by atoms with Crippen molar-refractivity contribution >= 4 is 36.5 Å². The molecule has 5 rings (SSSR count). The molecule has 182 valence electrons. The summed E-state index contributed by atoms with van der Waals surface area (Å²) in [5.41, 5.74) is 1.62. The molecular formula is C24H23N3O6S2. The van der Waals surface area contributed by atoms with Crippen LogP contribution in [-0.2, 0) is 26.9 Å². The molecule has 2 aromatic carbocycles. The normalized spacial score (nSPS) is 14.2. The van der Waals surface area contributed by atoms with Gasteiger partial charge in [0.15, 0.2) is 9.84 Å². The Morgan fingerprint density at radius 1 is 1.03 bits per heavy atom. The lowest BCUT2D eigenvalue weighted by Crippen LogP contribution is -2.17. The molecule has 11 heteroatoms. The minimum Gasteiger partial charge on any atom is -0.457 e. The van der Waals surface area contributed by atoms with Crippen molar-refractivity contribution in [2.75, 3.05) is 11.0 Å². The van der Waals surface area contributed by atoms with Crippen LogP contribution in [0.25, 0.3) is 22.0 Å². The number of aromatic amines is 1. The second-order valence-electron chi connectivity index (χ2n) is 8.63. The first-order valence-corrected chi connectivity index (χ1v) is 14.3. The molecule has 0 bridgehead atoms. The van der Waals surface area contributed by atoms with Crippen LogP contribution in [0.2, 0.25) is 0 Å². The zero-order valence-corrected chi connectivity index (χ0v) is 20.6. The number of hydrogen-bond donors (Lipinski definition) is 2. The van der Waals surface area contributed by atoms with Gasteiger partial charge >= 0.3 is 0 Å². The number of rotatable bonds is 7. The Labute approximate surface area is 202 Å². The average molecular weight is 514 g/mol. The van der Waals surface area contributed by atoms with Gasteiger partial charge in [0, 0.05) is 48.3 Å². The molecule has 2 aromatic heterocycles. The topological polar surface area (TPSA) is 127 Å². The zero-order valence-electron chi connectivity index (χ0n) is 19.0. The number of aromatic nitrogens is 2. The van der Waals surface area contributed by atoms with Gasteiger partial charge in [-0.25, -0.2) is 16.8 Å². The number of nitrogens with one attached hydrogen (secondary N) is 2. The molecule has 4 aromatic rings. The molecule has 0 saturated heterocycles. The highest BCUT2D eigenvalue weighted by Gasteiger charge is 2.35. The number of sulfonamides is 1. The fraction of sp³-hybridized carbons (Fsp3) is 0.208. The Morgan fingerprint density at radius 3 is 2.51 bits per heavy atom. The molecule has 0 unspecified atom stereocenters. The predicted octanol–water partition coefficient (Wildman–Crippen LogP) is 3.63. The summed E-state index contributed by atoms with van der Waals surface area (Å²) >= 11 is 0. The third-order valence-electron chi connectivity index (χ3n) is 5.85. The number of sulfone groups is 1. The number of hydrogen-bond acceptors (Lipinski definition) is 6. The van der Waals surface area contributed by atoms with Crippen molar-refractivity contribution in [1.82, 2.24) is 9.55 Å². The maximum atomic E-state index is 12.5. The molecule has 0 aliphatic heterocycles. The minimum absolute atomic E-state index is 0.100. The highest BCUT2D eigenvalue weighted by Crippen LogP contribution is 2.38. The quantitative estimate of drug-likeness (QED) is 0.388. The highest BCUT2D eigenvalue weighted by molar-refractivity contribution is 7.93. The third kappa shape index (κ3) is 4.56. The molecule has 1 aliphatic rings. The first kappa shape index (κ1) is 23.2. The van der Waals surface area contributed by atoms with Crippen LogP contribution in [0.4, 0.5) is 5.69 Å². The van der Waals surface area contributed by atoms with E-state index in [1.54, 1.807) is 55.8 Å². The van der Waals surface area contributed by atoms with Crippen molar-refractivity contribution in [2.24, 2.45) is 7.05 Å². The Kier molecular flexibility index (Phi) is 5.48. The fourth-order valence-corrected chi connectivity index (χ4v) is 5.92. The van der Waals surface area contributed by atoms with Crippen molar-refractivity contribution in [3.63, 3.8) is 0 Å². The van der Waals surface area contributed by atoms with E-state index in [-0.39, 0.29) is 15.7 Å². The van der Waals surface area contributed by atoms with E-state index in [1.807, 2.05) is 0 Å². The Bertz CT molecular complexity index is 1730. The maximum Gasteiger partial charge on any atom is 0.274 e. The number of aryl methyl sites for hydroxylation is 1. The van der Waals surface area contributed by atoms with Crippen molar-refractivity contribution in [2.45, 2.75) is 23.0 Å². The highest BCUT2D eigenvalue weighted by atomic mass is 32.2. The zero-order chi connectivity index (χ0) is 25.0. The van der Waals surface area contributed by atoms with Crippen LogP contribution in [0, 0.1) is 0 Å². The number of H-pyrrole nitrogens is 1. The lowest BCUT2D eigenvalue weighted by molar-refractivity contribution is 0.484. The Morgan fingerprint density at radius 2 is 1.80 bits per heavy atom. The molecule has 2 heterocycles. The minimum atomic E-state index is -3.52. The van der Waals surface area contributed by atoms with E-state index in [4.69, 9.17) is 4.74 Å². The van der Waals surface area contributed by atoms with Crippen LogP contribution in [0.15, 0.2) is 70.6 Å². The number of pyridine rings is 1. The molecule has 1 aliphatic carbocycles. The van der Waals surface area contributed by atoms with Crippen LogP contribution in [-0.4, -0.2) is 37.9 Å². The van der Waals surface area contributed by atoms with Gasteiger partial charge in [0.2, 0.25) is 10.0 Å². The third-order valence-corrected chi connectivity index (χ3v) is 8.83. The summed E-state index contributed by atoms with van der Waals surface area (Å²) in [6.45, 7) is 0. The molecule has 0 radical (unpaired) electrons. The SMILES string of the molecule is Cn1cc(-c2cc(S(C)(=O)=O)ccc2Oc2cccc(NS(=O)(=O)C3CC3)c2)c2cc[nH]c2c1=O. The maximum absolute atomic E-state index is 12.5. The Hall–Kier alpha value is -3.57. The summed E-state index contributed by atoms with van der Waals surface area (Å²) in [7, 11) is -5.34. The fourth-order valence-electron chi connectivity index (χ4n) is 3.90. The molecule has 1 saturated carbocycles. The summed E-state index contributed by atoms with van der Waals surface area (Å²) < 4.78 is 59.4. The number of ether oxygens (including phenoxy) is 1. The first-order valence-electron chi connectivity index (χ1n) is 10.8. The van der Waals surface area contributed by atoms with Gasteiger partial charge in [-0.2, -0.15) is 0 Å². The van der Waals surface area contributed by atoms with E-state index in [0.29, 0.717) is 52.1 Å². The average Bonchev–Trinajstić information content (AvgIpc) is 3.54. The molecule has 0 spiro atoms. The van der Waals surface area contributed by atoms with Gasteiger partial charge in [-0.1, -0.05) is 6.07 Å². The van der Waals surface area contributed by atoms with Gasteiger partial charge in [-0.3, -0.25) is 9.52 Å². The number of benzene rings is 2. The van der Waals surface area contributed by atoms with Gasteiger partial charge < -0.3 is 14.3 Å². The summed E-state index contributed by atoms with van der Waals surface area (Å²) in [6.07, 6.45) is 5.69.